The number of carbonyl (C=O) groups is 1. The molecule has 0 heterocycles. The maximum atomic E-state index is 11.8. The van der Waals surface area contributed by atoms with Crippen LogP contribution >= 0.6 is 0 Å². The molecule has 1 aromatic carbocycles. The molecule has 0 spiro atoms. The van der Waals surface area contributed by atoms with Crippen molar-refractivity contribution < 1.29 is 9.53 Å². The minimum atomic E-state index is -0.302. The zero-order valence-electron chi connectivity index (χ0n) is 12.3. The SMILES string of the molecule is CCOC(=O)c1ccc(N)c(N(CC)C(C)CC)c1. The third-order valence-electron chi connectivity index (χ3n) is 3.31. The van der Waals surface area contributed by atoms with Crippen LogP contribution in [0.4, 0.5) is 11.4 Å². The van der Waals surface area contributed by atoms with Gasteiger partial charge in [-0.2, -0.15) is 0 Å². The molecular weight excluding hydrogens is 240 g/mol. The van der Waals surface area contributed by atoms with E-state index in [1.165, 1.54) is 0 Å². The van der Waals surface area contributed by atoms with Gasteiger partial charge in [0.05, 0.1) is 23.5 Å². The molecule has 0 aliphatic heterocycles. The summed E-state index contributed by atoms with van der Waals surface area (Å²) in [6.45, 7) is 9.40. The number of anilines is 2. The van der Waals surface area contributed by atoms with Gasteiger partial charge in [0.2, 0.25) is 0 Å². The average Bonchev–Trinajstić information content (AvgIpc) is 2.41. The van der Waals surface area contributed by atoms with Gasteiger partial charge < -0.3 is 15.4 Å². The number of nitrogens with zero attached hydrogens (tertiary/aromatic N) is 1. The van der Waals surface area contributed by atoms with Gasteiger partial charge in [0.15, 0.2) is 0 Å². The number of nitrogen functional groups attached to an aromatic ring is 1. The molecule has 1 aromatic rings. The van der Waals surface area contributed by atoms with Gasteiger partial charge in [-0.15, -0.1) is 0 Å². The summed E-state index contributed by atoms with van der Waals surface area (Å²) >= 11 is 0. The molecule has 19 heavy (non-hydrogen) atoms. The Labute approximate surface area is 115 Å². The predicted octanol–water partition coefficient (Wildman–Crippen LogP) is 3.07. The highest BCUT2D eigenvalue weighted by atomic mass is 16.5. The summed E-state index contributed by atoms with van der Waals surface area (Å²) in [5, 5.41) is 0. The highest BCUT2D eigenvalue weighted by molar-refractivity contribution is 5.92. The van der Waals surface area contributed by atoms with E-state index in [9.17, 15) is 4.79 Å². The van der Waals surface area contributed by atoms with Gasteiger partial charge in [-0.1, -0.05) is 6.92 Å². The fraction of sp³-hybridized carbons (Fsp3) is 0.533. The first-order valence-electron chi connectivity index (χ1n) is 6.88. The highest BCUT2D eigenvalue weighted by Gasteiger charge is 2.16. The molecule has 0 aromatic heterocycles. The largest absolute Gasteiger partial charge is 0.462 e. The van der Waals surface area contributed by atoms with Crippen molar-refractivity contribution in [2.24, 2.45) is 0 Å². The van der Waals surface area contributed by atoms with Crippen molar-refractivity contribution in [1.82, 2.24) is 0 Å². The van der Waals surface area contributed by atoms with Gasteiger partial charge in [-0.25, -0.2) is 4.79 Å². The van der Waals surface area contributed by atoms with Crippen molar-refractivity contribution in [2.45, 2.75) is 40.2 Å². The maximum Gasteiger partial charge on any atom is 0.338 e. The van der Waals surface area contributed by atoms with Gasteiger partial charge in [0, 0.05) is 12.6 Å². The second-order valence-corrected chi connectivity index (χ2v) is 4.54. The van der Waals surface area contributed by atoms with Gasteiger partial charge in [-0.3, -0.25) is 0 Å². The summed E-state index contributed by atoms with van der Waals surface area (Å²) in [7, 11) is 0. The Kier molecular flexibility index (Phi) is 5.67. The van der Waals surface area contributed by atoms with Crippen molar-refractivity contribution >= 4 is 17.3 Å². The zero-order chi connectivity index (χ0) is 14.4. The molecule has 1 rings (SSSR count). The van der Waals surface area contributed by atoms with E-state index in [1.54, 1.807) is 19.1 Å². The number of nitrogens with two attached hydrogens (primary N) is 1. The topological polar surface area (TPSA) is 55.6 Å². The molecule has 4 heteroatoms. The molecule has 2 N–H and O–H groups in total. The molecule has 106 valence electrons. The van der Waals surface area contributed by atoms with Crippen LogP contribution in [-0.4, -0.2) is 25.2 Å². The number of benzene rings is 1. The average molecular weight is 264 g/mol. The monoisotopic (exact) mass is 264 g/mol. The number of hydrogen-bond acceptors (Lipinski definition) is 4. The van der Waals surface area contributed by atoms with Crippen LogP contribution in [0.1, 0.15) is 44.5 Å². The summed E-state index contributed by atoms with van der Waals surface area (Å²) < 4.78 is 5.02. The Morgan fingerprint density at radius 1 is 1.37 bits per heavy atom. The quantitative estimate of drug-likeness (QED) is 0.633. The lowest BCUT2D eigenvalue weighted by Crippen LogP contribution is -2.33. The molecule has 4 nitrogen and oxygen atoms in total. The van der Waals surface area contributed by atoms with Gasteiger partial charge >= 0.3 is 5.97 Å². The summed E-state index contributed by atoms with van der Waals surface area (Å²) in [5.41, 5.74) is 8.18. The lowest BCUT2D eigenvalue weighted by atomic mass is 10.1. The molecular formula is C15H24N2O2. The molecule has 0 fully saturated rings. The van der Waals surface area contributed by atoms with Crippen LogP contribution in [0.25, 0.3) is 0 Å². The van der Waals surface area contributed by atoms with Gasteiger partial charge in [0.1, 0.15) is 0 Å². The van der Waals surface area contributed by atoms with E-state index in [-0.39, 0.29) is 5.97 Å². The van der Waals surface area contributed by atoms with E-state index in [4.69, 9.17) is 10.5 Å². The summed E-state index contributed by atoms with van der Waals surface area (Å²) in [6.07, 6.45) is 1.02. The van der Waals surface area contributed by atoms with Crippen molar-refractivity contribution in [3.8, 4) is 0 Å². The summed E-state index contributed by atoms with van der Waals surface area (Å²) in [5.74, 6) is -0.302. The second kappa shape index (κ2) is 7.02. The minimum absolute atomic E-state index is 0.302. The number of hydrogen-bond donors (Lipinski definition) is 1. The van der Waals surface area contributed by atoms with Crippen LogP contribution in [0.2, 0.25) is 0 Å². The van der Waals surface area contributed by atoms with Crippen LogP contribution in [0.15, 0.2) is 18.2 Å². The van der Waals surface area contributed by atoms with Crippen molar-refractivity contribution in [2.75, 3.05) is 23.8 Å². The van der Waals surface area contributed by atoms with Crippen molar-refractivity contribution in [3.05, 3.63) is 23.8 Å². The summed E-state index contributed by atoms with van der Waals surface area (Å²) in [6, 6.07) is 5.68. The minimum Gasteiger partial charge on any atom is -0.462 e. The molecule has 1 unspecified atom stereocenters. The van der Waals surface area contributed by atoms with Crippen molar-refractivity contribution in [1.29, 1.82) is 0 Å². The predicted molar refractivity (Wildman–Crippen MR) is 79.6 cm³/mol. The molecule has 0 aliphatic rings. The van der Waals surface area contributed by atoms with Crippen LogP contribution in [0.3, 0.4) is 0 Å². The maximum absolute atomic E-state index is 11.8. The third kappa shape index (κ3) is 3.63. The van der Waals surface area contributed by atoms with E-state index >= 15 is 0 Å². The number of esters is 1. The fourth-order valence-electron chi connectivity index (χ4n) is 2.07. The Bertz CT molecular complexity index is 432. The van der Waals surface area contributed by atoms with Crippen molar-refractivity contribution in [3.63, 3.8) is 0 Å². The molecule has 0 bridgehead atoms. The molecule has 0 saturated heterocycles. The standard InChI is InChI=1S/C15H24N2O2/c1-5-11(4)17(6-2)14-10-12(8-9-13(14)16)15(18)19-7-3/h8-11H,5-7,16H2,1-4H3. The normalized spacial score (nSPS) is 12.0. The van der Waals surface area contributed by atoms with E-state index in [0.717, 1.165) is 18.7 Å². The van der Waals surface area contributed by atoms with Gasteiger partial charge in [0.25, 0.3) is 0 Å². The third-order valence-corrected chi connectivity index (χ3v) is 3.31. The van der Waals surface area contributed by atoms with Crippen LogP contribution in [0.5, 0.6) is 0 Å². The molecule has 0 aliphatic carbocycles. The highest BCUT2D eigenvalue weighted by Crippen LogP contribution is 2.27. The molecule has 0 saturated carbocycles. The molecule has 1 atom stereocenters. The fourth-order valence-corrected chi connectivity index (χ4v) is 2.07. The van der Waals surface area contributed by atoms with E-state index < -0.39 is 0 Å². The van der Waals surface area contributed by atoms with Crippen LogP contribution in [0, 0.1) is 0 Å². The first-order valence-corrected chi connectivity index (χ1v) is 6.88. The summed E-state index contributed by atoms with van der Waals surface area (Å²) in [4.78, 5) is 14.0. The second-order valence-electron chi connectivity index (χ2n) is 4.54. The number of rotatable bonds is 6. The molecule has 0 radical (unpaired) electrons. The first kappa shape index (κ1) is 15.3. The van der Waals surface area contributed by atoms with E-state index in [2.05, 4.69) is 25.7 Å². The lowest BCUT2D eigenvalue weighted by molar-refractivity contribution is 0.0526. The lowest BCUT2D eigenvalue weighted by Gasteiger charge is -2.30. The van der Waals surface area contributed by atoms with Crippen LogP contribution in [-0.2, 0) is 4.74 Å². The Balaban J connectivity index is 3.11. The number of carbonyl (C=O) groups excluding carboxylic acids is 1. The smallest absolute Gasteiger partial charge is 0.338 e. The van der Waals surface area contributed by atoms with Gasteiger partial charge in [-0.05, 0) is 45.4 Å². The van der Waals surface area contributed by atoms with Crippen LogP contribution < -0.4 is 10.6 Å². The zero-order valence-corrected chi connectivity index (χ0v) is 12.3. The first-order chi connectivity index (χ1) is 9.04. The van der Waals surface area contributed by atoms with E-state index in [0.29, 0.717) is 23.9 Å². The Morgan fingerprint density at radius 2 is 2.05 bits per heavy atom. The Morgan fingerprint density at radius 3 is 2.58 bits per heavy atom. The number of ether oxygens (including phenoxy) is 1. The van der Waals surface area contributed by atoms with E-state index in [1.807, 2.05) is 6.07 Å². The Hall–Kier alpha value is -1.71. The molecule has 0 amide bonds.